The smallest absolute Gasteiger partial charge is 0.0799 e. The summed E-state index contributed by atoms with van der Waals surface area (Å²) in [5.41, 5.74) is 0. The molecule has 0 nitrogen and oxygen atoms in total. The molecular weight excluding hydrogens is 638 g/mol. The predicted molar refractivity (Wildman–Crippen MR) is 151 cm³/mol. The lowest BCUT2D eigenvalue weighted by Gasteiger charge is -2.01. The summed E-state index contributed by atoms with van der Waals surface area (Å²) in [6.45, 7) is 0. The van der Waals surface area contributed by atoms with Gasteiger partial charge in [-0.15, -0.1) is 34.0 Å². The van der Waals surface area contributed by atoms with Crippen LogP contribution in [0.1, 0.15) is 0 Å². The largest absolute Gasteiger partial charge is 0.135 e. The minimum Gasteiger partial charge on any atom is -0.135 e. The van der Waals surface area contributed by atoms with Crippen LogP contribution in [0.25, 0.3) is 61.2 Å². The minimum absolute atomic E-state index is 1.34. The third-order valence-corrected chi connectivity index (χ3v) is 12.5. The Bertz CT molecular complexity index is 1780. The molecule has 0 bridgehead atoms. The van der Waals surface area contributed by atoms with Gasteiger partial charge in [-0.3, -0.25) is 0 Å². The molecule has 7 rings (SSSR count). The van der Waals surface area contributed by atoms with E-state index in [0.29, 0.717) is 0 Å². The Hall–Kier alpha value is -1.00. The fourth-order valence-electron chi connectivity index (χ4n) is 4.27. The van der Waals surface area contributed by atoms with Crippen LogP contribution in [0.2, 0.25) is 0 Å². The van der Waals surface area contributed by atoms with Crippen LogP contribution >= 0.6 is 79.2 Å². The van der Waals surface area contributed by atoms with E-state index in [4.69, 9.17) is 0 Å². The van der Waals surface area contributed by atoms with E-state index in [2.05, 4.69) is 106 Å². The molecule has 0 unspecified atom stereocenters. The van der Waals surface area contributed by atoms with Gasteiger partial charge in [0, 0.05) is 54.0 Å². The first kappa shape index (κ1) is 17.7. The van der Waals surface area contributed by atoms with E-state index in [1.807, 2.05) is 34.0 Å². The summed E-state index contributed by atoms with van der Waals surface area (Å²) in [5, 5.41) is 9.62. The number of hydrogen-bond acceptors (Lipinski definition) is 3. The van der Waals surface area contributed by atoms with Crippen LogP contribution in [0.5, 0.6) is 0 Å². The summed E-state index contributed by atoms with van der Waals surface area (Å²) in [6.07, 6.45) is 0. The van der Waals surface area contributed by atoms with Gasteiger partial charge < -0.3 is 0 Å². The Morgan fingerprint density at radius 2 is 1.03 bits per heavy atom. The average molecular weight is 648 g/mol. The molecule has 3 aromatic heterocycles. The van der Waals surface area contributed by atoms with Crippen LogP contribution in [0.4, 0.5) is 0 Å². The second-order valence-electron chi connectivity index (χ2n) is 7.28. The van der Waals surface area contributed by atoms with Crippen molar-refractivity contribution in [1.29, 1.82) is 0 Å². The number of thiophene rings is 3. The van der Waals surface area contributed by atoms with Crippen molar-refractivity contribution in [3.63, 3.8) is 0 Å². The molecule has 138 valence electrons. The fourth-order valence-corrected chi connectivity index (χ4v) is 9.37. The molecule has 0 spiro atoms. The summed E-state index contributed by atoms with van der Waals surface area (Å²) < 4.78 is 9.68. The number of rotatable bonds is 0. The van der Waals surface area contributed by atoms with E-state index < -0.39 is 0 Å². The molecule has 0 saturated heterocycles. The number of hydrogen-bond donors (Lipinski definition) is 0. The maximum Gasteiger partial charge on any atom is 0.0799 e. The van der Waals surface area contributed by atoms with Crippen LogP contribution in [0, 0.1) is 6.45 Å². The lowest BCUT2D eigenvalue weighted by atomic mass is 10.0. The van der Waals surface area contributed by atoms with Crippen molar-refractivity contribution in [2.24, 2.45) is 0 Å². The molecule has 0 radical (unpaired) electrons. The van der Waals surface area contributed by atoms with Crippen molar-refractivity contribution in [2.45, 2.75) is 0 Å². The highest BCUT2D eigenvalue weighted by molar-refractivity contribution is 14.1. The highest BCUT2D eigenvalue weighted by atomic mass is 127. The van der Waals surface area contributed by atoms with E-state index in [1.165, 1.54) is 67.7 Å². The third kappa shape index (κ3) is 2.51. The Morgan fingerprint density at radius 3 is 1.83 bits per heavy atom. The molecule has 4 aromatic carbocycles. The highest BCUT2D eigenvalue weighted by Crippen LogP contribution is 2.43. The van der Waals surface area contributed by atoms with Gasteiger partial charge >= 0.3 is 0 Å². The van der Waals surface area contributed by atoms with Crippen LogP contribution in [0.15, 0.2) is 60.7 Å². The van der Waals surface area contributed by atoms with E-state index in [-0.39, 0.29) is 0 Å². The summed E-state index contributed by atoms with van der Waals surface area (Å²) in [4.78, 5) is 0. The zero-order valence-electron chi connectivity index (χ0n) is 14.8. The van der Waals surface area contributed by atoms with Gasteiger partial charge in [0.05, 0.1) is 2.88 Å². The molecule has 0 aliphatic rings. The van der Waals surface area contributed by atoms with Crippen molar-refractivity contribution < 1.29 is 0 Å². The minimum atomic E-state index is 1.34. The standard InChI is InChI=1S/C24H10I2S3/c25-23-17-6-12-7-19-14(5-11(12)8-20(17)29-24(23)26)16-10-21-15(9-22(16)28-19)13-3-1-2-4-18(13)27-21/h1-10H. The van der Waals surface area contributed by atoms with Crippen LogP contribution in [0.3, 0.4) is 0 Å². The maximum absolute atomic E-state index is 2.48. The van der Waals surface area contributed by atoms with E-state index in [0.717, 1.165) is 0 Å². The lowest BCUT2D eigenvalue weighted by molar-refractivity contribution is 1.87. The van der Waals surface area contributed by atoms with E-state index in [9.17, 15) is 0 Å². The molecule has 29 heavy (non-hydrogen) atoms. The molecule has 0 N–H and O–H groups in total. The van der Waals surface area contributed by atoms with E-state index >= 15 is 0 Å². The van der Waals surface area contributed by atoms with Gasteiger partial charge in [-0.25, -0.2) is 0 Å². The summed E-state index contributed by atoms with van der Waals surface area (Å²) in [6, 6.07) is 23.1. The second kappa shape index (κ2) is 6.26. The molecule has 3 heterocycles. The molecule has 0 fully saturated rings. The Morgan fingerprint density at radius 1 is 0.483 bits per heavy atom. The molecule has 0 aliphatic carbocycles. The van der Waals surface area contributed by atoms with E-state index in [1.54, 1.807) is 0 Å². The van der Waals surface area contributed by atoms with Gasteiger partial charge in [-0.1, -0.05) is 18.2 Å². The van der Waals surface area contributed by atoms with Crippen LogP contribution < -0.4 is 0 Å². The van der Waals surface area contributed by atoms with Crippen molar-refractivity contribution >= 4 is 140 Å². The third-order valence-electron chi connectivity index (χ3n) is 5.63. The molecule has 0 amide bonds. The number of halogens is 2. The number of fused-ring (bicyclic) bond motifs is 8. The van der Waals surface area contributed by atoms with Crippen molar-refractivity contribution in [1.82, 2.24) is 0 Å². The first-order valence-corrected chi connectivity index (χ1v) is 13.8. The first-order valence-electron chi connectivity index (χ1n) is 9.14. The monoisotopic (exact) mass is 648 g/mol. The molecule has 0 atom stereocenters. The Labute approximate surface area is 205 Å². The Balaban J connectivity index is 1.60. The lowest BCUT2D eigenvalue weighted by Crippen LogP contribution is -1.75. The summed E-state index contributed by atoms with van der Waals surface area (Å²) >= 11 is 10.7. The van der Waals surface area contributed by atoms with Gasteiger partial charge in [0.25, 0.3) is 0 Å². The molecule has 7 aromatic rings. The van der Waals surface area contributed by atoms with Gasteiger partial charge in [0.15, 0.2) is 0 Å². The SMILES string of the molecule is Ic1sc2cc3cc4c(cc3cc2c1I)sc1cc2c(cc14)sc1ccccc12. The molecular formula is C24H10I2S3. The molecule has 0 aliphatic heterocycles. The topological polar surface area (TPSA) is 0 Å². The van der Waals surface area contributed by atoms with Gasteiger partial charge in [0.2, 0.25) is 0 Å². The highest BCUT2D eigenvalue weighted by Gasteiger charge is 2.13. The second-order valence-corrected chi connectivity index (χ2v) is 13.4. The maximum atomic E-state index is 2.48. The normalized spacial score (nSPS) is 12.5. The van der Waals surface area contributed by atoms with Crippen molar-refractivity contribution in [3.05, 3.63) is 67.1 Å². The predicted octanol–water partition coefficient (Wildman–Crippen LogP) is 10.00. The number of benzene rings is 4. The van der Waals surface area contributed by atoms with Crippen molar-refractivity contribution in [2.75, 3.05) is 0 Å². The first-order chi connectivity index (χ1) is 14.2. The summed E-state index contributed by atoms with van der Waals surface area (Å²) in [7, 11) is 0. The molecule has 5 heteroatoms. The quantitative estimate of drug-likeness (QED) is 0.144. The zero-order valence-corrected chi connectivity index (χ0v) is 21.5. The average Bonchev–Trinajstić information content (AvgIpc) is 3.34. The van der Waals surface area contributed by atoms with Gasteiger partial charge in [0.1, 0.15) is 0 Å². The van der Waals surface area contributed by atoms with Crippen LogP contribution in [-0.2, 0) is 0 Å². The fraction of sp³-hybridized carbons (Fsp3) is 0. The van der Waals surface area contributed by atoms with Crippen LogP contribution in [-0.4, -0.2) is 0 Å². The summed E-state index contributed by atoms with van der Waals surface area (Å²) in [5.74, 6) is 0. The Kier molecular flexibility index (Phi) is 3.81. The van der Waals surface area contributed by atoms with Crippen molar-refractivity contribution in [3.8, 4) is 0 Å². The van der Waals surface area contributed by atoms with Gasteiger partial charge in [-0.2, -0.15) is 0 Å². The molecule has 0 saturated carbocycles. The zero-order chi connectivity index (χ0) is 19.3. The van der Waals surface area contributed by atoms with Gasteiger partial charge in [-0.05, 0) is 98.4 Å².